The van der Waals surface area contributed by atoms with E-state index >= 15 is 0 Å². The van der Waals surface area contributed by atoms with Gasteiger partial charge >= 0.3 is 17.9 Å². The SMILES string of the molecule is CC/C=C\C/C=C\C/C=C\C/C=C\CCCCCCC(=O)OC[C@H](COC(=O)CCCCCCC/C=C\C/C=C\C/C=C\CC)OC(=O)CCCC/C=C\C/C=C\C/C=C\C/C=C\CC. The molecule has 364 valence electrons. The lowest BCUT2D eigenvalue weighted by Gasteiger charge is -2.18. The van der Waals surface area contributed by atoms with Crippen LogP contribution in [0.1, 0.15) is 201 Å². The molecule has 0 N–H and O–H groups in total. The van der Waals surface area contributed by atoms with Crippen molar-refractivity contribution < 1.29 is 28.6 Å². The molecule has 0 aliphatic heterocycles. The molecule has 0 fully saturated rings. The van der Waals surface area contributed by atoms with Crippen molar-refractivity contribution in [3.8, 4) is 0 Å². The molecule has 0 aliphatic carbocycles. The van der Waals surface area contributed by atoms with Gasteiger partial charge in [0.1, 0.15) is 13.2 Å². The lowest BCUT2D eigenvalue weighted by Crippen LogP contribution is -2.30. The molecule has 0 amide bonds. The average molecular weight is 897 g/mol. The van der Waals surface area contributed by atoms with Gasteiger partial charge in [0.2, 0.25) is 0 Å². The summed E-state index contributed by atoms with van der Waals surface area (Å²) in [5.41, 5.74) is 0. The van der Waals surface area contributed by atoms with E-state index in [1.165, 1.54) is 0 Å². The van der Waals surface area contributed by atoms with E-state index in [0.29, 0.717) is 19.3 Å². The highest BCUT2D eigenvalue weighted by Gasteiger charge is 2.19. The first kappa shape index (κ1) is 60.5. The summed E-state index contributed by atoms with van der Waals surface area (Å²) in [6, 6.07) is 0. The van der Waals surface area contributed by atoms with Gasteiger partial charge in [0.15, 0.2) is 6.10 Å². The molecule has 0 saturated heterocycles. The Morgan fingerprint density at radius 3 is 0.892 bits per heavy atom. The van der Waals surface area contributed by atoms with Gasteiger partial charge in [-0.15, -0.1) is 0 Å². The standard InChI is InChI=1S/C59H92O6/c1-4-7-10-13-16-19-22-25-28-29-32-34-37-40-43-46-49-52-58(61)64-55-56(65-59(62)53-50-47-44-41-38-35-31-27-24-21-18-15-12-9-6-3)54-63-57(60)51-48-45-42-39-36-33-30-26-23-20-17-14-11-8-5-2/h7-12,16-21,25-28,30-32,34,38,41,56H,4-6,13-15,22-24,29,33,35-37,39-40,42-55H2,1-3H3/b10-7-,11-8-,12-9-,19-16-,20-17-,21-18-,28-25-,30-26-,31-27-,34-32-,41-38-/t56-/m0/s1. The lowest BCUT2D eigenvalue weighted by molar-refractivity contribution is -0.167. The fraction of sp³-hybridized carbons (Fsp3) is 0.576. The molecule has 0 heterocycles. The monoisotopic (exact) mass is 897 g/mol. The van der Waals surface area contributed by atoms with Gasteiger partial charge in [-0.3, -0.25) is 14.4 Å². The van der Waals surface area contributed by atoms with Gasteiger partial charge in [-0.2, -0.15) is 0 Å². The zero-order chi connectivity index (χ0) is 47.2. The highest BCUT2D eigenvalue weighted by molar-refractivity contribution is 5.71. The average Bonchev–Trinajstić information content (AvgIpc) is 3.30. The van der Waals surface area contributed by atoms with Crippen LogP contribution in [0, 0.1) is 0 Å². The van der Waals surface area contributed by atoms with Crippen LogP contribution in [-0.2, 0) is 28.6 Å². The fourth-order valence-corrected chi connectivity index (χ4v) is 6.38. The number of esters is 3. The van der Waals surface area contributed by atoms with Gasteiger partial charge in [0, 0.05) is 19.3 Å². The lowest BCUT2D eigenvalue weighted by atomic mass is 10.1. The third-order valence-electron chi connectivity index (χ3n) is 10.1. The number of ether oxygens (including phenoxy) is 3. The Labute approximate surface area is 398 Å². The molecule has 1 atom stereocenters. The van der Waals surface area contributed by atoms with Crippen molar-refractivity contribution in [1.82, 2.24) is 0 Å². The number of hydrogen-bond donors (Lipinski definition) is 0. The summed E-state index contributed by atoms with van der Waals surface area (Å²) < 4.78 is 16.7. The summed E-state index contributed by atoms with van der Waals surface area (Å²) in [7, 11) is 0. The first-order valence-corrected chi connectivity index (χ1v) is 25.7. The second-order valence-electron chi connectivity index (χ2n) is 16.3. The van der Waals surface area contributed by atoms with E-state index in [2.05, 4.69) is 154 Å². The van der Waals surface area contributed by atoms with Crippen LogP contribution in [0.25, 0.3) is 0 Å². The Balaban J connectivity index is 4.55. The minimum atomic E-state index is -0.822. The highest BCUT2D eigenvalue weighted by atomic mass is 16.6. The van der Waals surface area contributed by atoms with E-state index in [1.54, 1.807) is 0 Å². The van der Waals surface area contributed by atoms with E-state index in [-0.39, 0.29) is 37.5 Å². The van der Waals surface area contributed by atoms with Crippen LogP contribution in [0.4, 0.5) is 0 Å². The van der Waals surface area contributed by atoms with Crippen LogP contribution in [0.5, 0.6) is 0 Å². The van der Waals surface area contributed by atoms with Crippen LogP contribution in [0.15, 0.2) is 134 Å². The molecule has 0 radical (unpaired) electrons. The van der Waals surface area contributed by atoms with Crippen molar-refractivity contribution in [2.24, 2.45) is 0 Å². The summed E-state index contributed by atoms with van der Waals surface area (Å²) in [5.74, 6) is -1.01. The Bertz CT molecular complexity index is 1450. The van der Waals surface area contributed by atoms with Gasteiger partial charge in [0.05, 0.1) is 0 Å². The Morgan fingerprint density at radius 2 is 0.554 bits per heavy atom. The maximum Gasteiger partial charge on any atom is 0.306 e. The van der Waals surface area contributed by atoms with E-state index in [1.807, 2.05) is 0 Å². The van der Waals surface area contributed by atoms with Crippen LogP contribution in [0.2, 0.25) is 0 Å². The van der Waals surface area contributed by atoms with Gasteiger partial charge < -0.3 is 14.2 Å². The Hall–Kier alpha value is -4.45. The van der Waals surface area contributed by atoms with Crippen molar-refractivity contribution in [3.05, 3.63) is 134 Å². The molecule has 0 aromatic rings. The second-order valence-corrected chi connectivity index (χ2v) is 16.3. The summed E-state index contributed by atoms with van der Waals surface area (Å²) >= 11 is 0. The third kappa shape index (κ3) is 50.4. The smallest absolute Gasteiger partial charge is 0.306 e. The zero-order valence-electron chi connectivity index (χ0n) is 41.4. The Kier molecular flexibility index (Phi) is 48.6. The molecular weight excluding hydrogens is 805 g/mol. The summed E-state index contributed by atoms with van der Waals surface area (Å²) in [5, 5.41) is 0. The van der Waals surface area contributed by atoms with Gasteiger partial charge in [-0.05, 0) is 128 Å². The quantitative estimate of drug-likeness (QED) is 0.0262. The summed E-state index contributed by atoms with van der Waals surface area (Å²) in [4.78, 5) is 38.0. The third-order valence-corrected chi connectivity index (χ3v) is 10.1. The van der Waals surface area contributed by atoms with Crippen LogP contribution in [0.3, 0.4) is 0 Å². The maximum atomic E-state index is 12.8. The van der Waals surface area contributed by atoms with Crippen molar-refractivity contribution in [1.29, 1.82) is 0 Å². The van der Waals surface area contributed by atoms with Crippen LogP contribution in [-0.4, -0.2) is 37.2 Å². The zero-order valence-corrected chi connectivity index (χ0v) is 41.4. The van der Waals surface area contributed by atoms with E-state index in [4.69, 9.17) is 14.2 Å². The largest absolute Gasteiger partial charge is 0.462 e. The number of hydrogen-bond acceptors (Lipinski definition) is 6. The predicted molar refractivity (Wildman–Crippen MR) is 279 cm³/mol. The molecule has 0 aromatic carbocycles. The fourth-order valence-electron chi connectivity index (χ4n) is 6.38. The van der Waals surface area contributed by atoms with E-state index < -0.39 is 6.10 Å². The molecule has 6 heteroatoms. The minimum Gasteiger partial charge on any atom is -0.462 e. The molecule has 0 bridgehead atoms. The number of allylic oxidation sites excluding steroid dienone is 22. The molecule has 6 nitrogen and oxygen atoms in total. The van der Waals surface area contributed by atoms with Crippen molar-refractivity contribution in [2.75, 3.05) is 13.2 Å². The van der Waals surface area contributed by atoms with Gasteiger partial charge in [0.25, 0.3) is 0 Å². The molecular formula is C59H92O6. The van der Waals surface area contributed by atoms with Crippen molar-refractivity contribution in [2.45, 2.75) is 207 Å². The summed E-state index contributed by atoms with van der Waals surface area (Å²) in [6.45, 7) is 6.20. The normalized spacial score (nSPS) is 13.2. The molecule has 0 rings (SSSR count). The van der Waals surface area contributed by atoms with Gasteiger partial charge in [-0.25, -0.2) is 0 Å². The second kappa shape index (κ2) is 52.2. The summed E-state index contributed by atoms with van der Waals surface area (Å²) in [6.07, 6.45) is 72.9. The number of unbranched alkanes of at least 4 members (excludes halogenated alkanes) is 11. The first-order chi connectivity index (χ1) is 32.0. The molecule has 0 saturated carbocycles. The number of carbonyl (C=O) groups excluding carboxylic acids is 3. The minimum absolute atomic E-state index is 0.117. The molecule has 0 aliphatic rings. The maximum absolute atomic E-state index is 12.8. The highest BCUT2D eigenvalue weighted by Crippen LogP contribution is 2.12. The van der Waals surface area contributed by atoms with E-state index in [0.717, 1.165) is 154 Å². The predicted octanol–water partition coefficient (Wildman–Crippen LogP) is 17.1. The Morgan fingerprint density at radius 1 is 0.308 bits per heavy atom. The van der Waals surface area contributed by atoms with Crippen LogP contribution >= 0.6 is 0 Å². The molecule has 0 unspecified atom stereocenters. The molecule has 65 heavy (non-hydrogen) atoms. The number of rotatable bonds is 44. The van der Waals surface area contributed by atoms with Crippen molar-refractivity contribution in [3.63, 3.8) is 0 Å². The van der Waals surface area contributed by atoms with Crippen LogP contribution < -0.4 is 0 Å². The molecule has 0 aromatic heterocycles. The van der Waals surface area contributed by atoms with E-state index in [9.17, 15) is 14.4 Å². The topological polar surface area (TPSA) is 78.9 Å². The van der Waals surface area contributed by atoms with Gasteiger partial charge in [-0.1, -0.05) is 187 Å². The van der Waals surface area contributed by atoms with Crippen molar-refractivity contribution >= 4 is 17.9 Å². The number of carbonyl (C=O) groups is 3. The first-order valence-electron chi connectivity index (χ1n) is 25.7. The molecule has 0 spiro atoms.